The second kappa shape index (κ2) is 7.32. The van der Waals surface area contributed by atoms with E-state index in [1.54, 1.807) is 24.3 Å². The Hall–Kier alpha value is -2.62. The molecule has 0 aliphatic carbocycles. The van der Waals surface area contributed by atoms with Gasteiger partial charge in [0.2, 0.25) is 5.82 Å². The first-order valence-electron chi connectivity index (χ1n) is 7.11. The van der Waals surface area contributed by atoms with Crippen molar-refractivity contribution >= 4 is 11.8 Å². The van der Waals surface area contributed by atoms with Gasteiger partial charge in [0.1, 0.15) is 12.1 Å². The van der Waals surface area contributed by atoms with Gasteiger partial charge in [-0.1, -0.05) is 11.8 Å². The molecule has 0 radical (unpaired) electrons. The molecule has 10 heteroatoms. The smallest absolute Gasteiger partial charge is 0.200 e. The van der Waals surface area contributed by atoms with Crippen LogP contribution in [-0.4, -0.2) is 21.9 Å². The Morgan fingerprint density at radius 3 is 2.08 bits per heavy atom. The maximum Gasteiger partial charge on any atom is 0.200 e. The van der Waals surface area contributed by atoms with Gasteiger partial charge in [0, 0.05) is 17.0 Å². The van der Waals surface area contributed by atoms with Crippen LogP contribution in [0.4, 0.5) is 22.0 Å². The summed E-state index contributed by atoms with van der Waals surface area (Å²) in [5.74, 6) is -9.74. The fourth-order valence-electron chi connectivity index (χ4n) is 2.16. The van der Waals surface area contributed by atoms with Crippen molar-refractivity contribution in [2.45, 2.75) is 10.9 Å². The van der Waals surface area contributed by atoms with E-state index in [1.807, 2.05) is 0 Å². The van der Waals surface area contributed by atoms with Gasteiger partial charge in [-0.15, -0.1) is 10.2 Å². The third kappa shape index (κ3) is 3.24. The molecule has 0 spiro atoms. The van der Waals surface area contributed by atoms with Gasteiger partial charge in [0.05, 0.1) is 7.11 Å². The van der Waals surface area contributed by atoms with Crippen molar-refractivity contribution in [3.63, 3.8) is 0 Å². The number of thioether (sulfide) groups is 1. The molecule has 3 aromatic rings. The van der Waals surface area contributed by atoms with Gasteiger partial charge < -0.3 is 4.74 Å². The fourth-order valence-corrected chi connectivity index (χ4v) is 3.08. The number of benzene rings is 2. The molecule has 2 aromatic carbocycles. The number of nitrogens with zero attached hydrogens (tertiary/aromatic N) is 3. The van der Waals surface area contributed by atoms with Crippen LogP contribution in [0.1, 0.15) is 5.56 Å². The standard InChI is InChI=1S/C16H10F5N3OS/c1-25-9-4-2-8(3-5-9)24-7-22-23-16(24)26-6-10-11(17)13(19)15(21)14(20)12(10)18/h2-5,7H,6H2,1H3. The van der Waals surface area contributed by atoms with Crippen molar-refractivity contribution in [3.8, 4) is 11.4 Å². The van der Waals surface area contributed by atoms with Crippen LogP contribution in [0.25, 0.3) is 5.69 Å². The van der Waals surface area contributed by atoms with E-state index in [9.17, 15) is 22.0 Å². The minimum Gasteiger partial charge on any atom is -0.497 e. The van der Waals surface area contributed by atoms with Gasteiger partial charge in [0.25, 0.3) is 0 Å². The molecule has 0 fully saturated rings. The molecule has 4 nitrogen and oxygen atoms in total. The van der Waals surface area contributed by atoms with Crippen molar-refractivity contribution in [2.24, 2.45) is 0 Å². The lowest BCUT2D eigenvalue weighted by Crippen LogP contribution is -2.06. The number of aromatic nitrogens is 3. The van der Waals surface area contributed by atoms with E-state index in [4.69, 9.17) is 4.74 Å². The highest BCUT2D eigenvalue weighted by atomic mass is 32.2. The van der Waals surface area contributed by atoms with Crippen molar-refractivity contribution in [1.82, 2.24) is 14.8 Å². The Morgan fingerprint density at radius 1 is 0.923 bits per heavy atom. The SMILES string of the molecule is COc1ccc(-n2cnnc2SCc2c(F)c(F)c(F)c(F)c2F)cc1. The lowest BCUT2D eigenvalue weighted by Gasteiger charge is -2.09. The summed E-state index contributed by atoms with van der Waals surface area (Å²) < 4.78 is 73.7. The molecule has 0 bridgehead atoms. The van der Waals surface area contributed by atoms with Crippen LogP contribution in [0.5, 0.6) is 5.75 Å². The van der Waals surface area contributed by atoms with E-state index in [0.717, 1.165) is 11.8 Å². The summed E-state index contributed by atoms with van der Waals surface area (Å²) in [6.45, 7) is 0. The fraction of sp³-hybridized carbons (Fsp3) is 0.125. The molecule has 136 valence electrons. The highest BCUT2D eigenvalue weighted by molar-refractivity contribution is 7.98. The van der Waals surface area contributed by atoms with Crippen LogP contribution < -0.4 is 4.74 Å². The summed E-state index contributed by atoms with van der Waals surface area (Å²) in [7, 11) is 1.51. The molecule has 1 aromatic heterocycles. The van der Waals surface area contributed by atoms with Crippen molar-refractivity contribution in [2.75, 3.05) is 7.11 Å². The average molecular weight is 387 g/mol. The summed E-state index contributed by atoms with van der Waals surface area (Å²) in [4.78, 5) is 0. The average Bonchev–Trinajstić information content (AvgIpc) is 3.13. The van der Waals surface area contributed by atoms with Crippen molar-refractivity contribution in [3.05, 3.63) is 65.2 Å². The Balaban J connectivity index is 1.87. The first-order chi connectivity index (χ1) is 12.4. The zero-order valence-electron chi connectivity index (χ0n) is 13.1. The molecule has 0 aliphatic rings. The van der Waals surface area contributed by atoms with Crippen LogP contribution in [0, 0.1) is 29.1 Å². The molecule has 1 heterocycles. The summed E-state index contributed by atoms with van der Waals surface area (Å²) in [6, 6.07) is 6.77. The van der Waals surface area contributed by atoms with Crippen LogP contribution in [-0.2, 0) is 5.75 Å². The van der Waals surface area contributed by atoms with E-state index in [2.05, 4.69) is 10.2 Å². The molecule has 0 saturated carbocycles. The third-order valence-corrected chi connectivity index (χ3v) is 4.48. The lowest BCUT2D eigenvalue weighted by atomic mass is 10.2. The summed E-state index contributed by atoms with van der Waals surface area (Å²) >= 11 is 0.786. The first-order valence-corrected chi connectivity index (χ1v) is 8.10. The molecular formula is C16H10F5N3OS. The van der Waals surface area contributed by atoms with Gasteiger partial charge in [-0.05, 0) is 24.3 Å². The van der Waals surface area contributed by atoms with E-state index < -0.39 is 40.4 Å². The molecule has 3 rings (SSSR count). The van der Waals surface area contributed by atoms with E-state index in [1.165, 1.54) is 18.0 Å². The minimum absolute atomic E-state index is 0.221. The lowest BCUT2D eigenvalue weighted by molar-refractivity contribution is 0.372. The Bertz CT molecular complexity index is 917. The summed E-state index contributed by atoms with van der Waals surface area (Å²) in [6.07, 6.45) is 1.36. The van der Waals surface area contributed by atoms with Crippen LogP contribution in [0.15, 0.2) is 35.7 Å². The molecule has 0 amide bonds. The molecule has 0 aliphatic heterocycles. The van der Waals surface area contributed by atoms with E-state index in [-0.39, 0.29) is 5.16 Å². The second-order valence-electron chi connectivity index (χ2n) is 5.02. The Morgan fingerprint density at radius 2 is 1.50 bits per heavy atom. The summed E-state index contributed by atoms with van der Waals surface area (Å²) in [5.41, 5.74) is -0.286. The zero-order chi connectivity index (χ0) is 18.8. The highest BCUT2D eigenvalue weighted by Gasteiger charge is 2.26. The number of hydrogen-bond acceptors (Lipinski definition) is 4. The minimum atomic E-state index is -2.19. The number of halogens is 5. The Labute approximate surface area is 148 Å². The monoisotopic (exact) mass is 387 g/mol. The van der Waals surface area contributed by atoms with Gasteiger partial charge in [-0.3, -0.25) is 4.57 Å². The molecule has 0 unspecified atom stereocenters. The normalized spacial score (nSPS) is 11.0. The molecular weight excluding hydrogens is 377 g/mol. The van der Waals surface area contributed by atoms with Gasteiger partial charge in [0.15, 0.2) is 28.4 Å². The topological polar surface area (TPSA) is 39.9 Å². The van der Waals surface area contributed by atoms with Gasteiger partial charge in [-0.2, -0.15) is 0 Å². The van der Waals surface area contributed by atoms with E-state index >= 15 is 0 Å². The van der Waals surface area contributed by atoms with E-state index in [0.29, 0.717) is 11.4 Å². The number of hydrogen-bond donors (Lipinski definition) is 0. The van der Waals surface area contributed by atoms with Crippen molar-refractivity contribution < 1.29 is 26.7 Å². The van der Waals surface area contributed by atoms with Crippen molar-refractivity contribution in [1.29, 1.82) is 0 Å². The molecule has 0 saturated heterocycles. The molecule has 26 heavy (non-hydrogen) atoms. The quantitative estimate of drug-likeness (QED) is 0.284. The zero-order valence-corrected chi connectivity index (χ0v) is 14.0. The summed E-state index contributed by atoms with van der Waals surface area (Å²) in [5, 5.41) is 7.74. The predicted octanol–water partition coefficient (Wildman–Crippen LogP) is 4.26. The predicted molar refractivity (Wildman–Crippen MR) is 83.7 cm³/mol. The van der Waals surface area contributed by atoms with Crippen LogP contribution in [0.3, 0.4) is 0 Å². The first kappa shape index (κ1) is 18.2. The maximum absolute atomic E-state index is 13.7. The molecule has 0 N–H and O–H groups in total. The van der Waals surface area contributed by atoms with Gasteiger partial charge >= 0.3 is 0 Å². The number of rotatable bonds is 5. The Kier molecular flexibility index (Phi) is 5.12. The number of ether oxygens (including phenoxy) is 1. The maximum atomic E-state index is 13.7. The highest BCUT2D eigenvalue weighted by Crippen LogP contribution is 2.30. The van der Waals surface area contributed by atoms with Crippen LogP contribution >= 0.6 is 11.8 Å². The second-order valence-corrected chi connectivity index (χ2v) is 5.96. The van der Waals surface area contributed by atoms with Gasteiger partial charge in [-0.25, -0.2) is 22.0 Å². The third-order valence-electron chi connectivity index (χ3n) is 3.51. The largest absolute Gasteiger partial charge is 0.497 e. The van der Waals surface area contributed by atoms with Crippen LogP contribution in [0.2, 0.25) is 0 Å². The number of methoxy groups -OCH3 is 1. The molecule has 0 atom stereocenters.